The molecule has 0 saturated heterocycles. The summed E-state index contributed by atoms with van der Waals surface area (Å²) >= 11 is 0. The number of aliphatic hydroxyl groups is 1. The summed E-state index contributed by atoms with van der Waals surface area (Å²) in [6.07, 6.45) is 1.98. The lowest BCUT2D eigenvalue weighted by Gasteiger charge is -2.22. The first-order valence-corrected chi connectivity index (χ1v) is 6.41. The van der Waals surface area contributed by atoms with Crippen LogP contribution in [0.3, 0.4) is 0 Å². The van der Waals surface area contributed by atoms with Gasteiger partial charge in [0.2, 0.25) is 0 Å². The van der Waals surface area contributed by atoms with Gasteiger partial charge in [0.1, 0.15) is 0 Å². The van der Waals surface area contributed by atoms with E-state index in [1.54, 1.807) is 0 Å². The summed E-state index contributed by atoms with van der Waals surface area (Å²) < 4.78 is 5.51. The third-order valence-corrected chi connectivity index (χ3v) is 2.68. The average Bonchev–Trinajstić information content (AvgIpc) is 2.20. The largest absolute Gasteiger partial charge is 0.389 e. The molecule has 0 bridgehead atoms. The first-order valence-electron chi connectivity index (χ1n) is 6.41. The Hall–Kier alpha value is -0.120. The van der Waals surface area contributed by atoms with Gasteiger partial charge in [-0.05, 0) is 33.2 Å². The van der Waals surface area contributed by atoms with Crippen molar-refractivity contribution in [3.8, 4) is 0 Å². The van der Waals surface area contributed by atoms with Gasteiger partial charge in [0.15, 0.2) is 0 Å². The maximum Gasteiger partial charge on any atom is 0.0897 e. The summed E-state index contributed by atoms with van der Waals surface area (Å²) in [4.78, 5) is 0. The van der Waals surface area contributed by atoms with Crippen LogP contribution in [0.4, 0.5) is 0 Å². The quantitative estimate of drug-likeness (QED) is 0.673. The minimum Gasteiger partial charge on any atom is -0.389 e. The van der Waals surface area contributed by atoms with Gasteiger partial charge in [-0.15, -0.1) is 0 Å². The molecule has 98 valence electrons. The lowest BCUT2D eigenvalue weighted by Crippen LogP contribution is -2.35. The van der Waals surface area contributed by atoms with Crippen molar-refractivity contribution in [2.75, 3.05) is 19.7 Å². The highest BCUT2D eigenvalue weighted by Gasteiger charge is 2.13. The smallest absolute Gasteiger partial charge is 0.0897 e. The van der Waals surface area contributed by atoms with Crippen LogP contribution in [0.1, 0.15) is 47.5 Å². The van der Waals surface area contributed by atoms with Crippen LogP contribution in [0.2, 0.25) is 0 Å². The molecular formula is C13H29NO2. The third kappa shape index (κ3) is 9.13. The molecule has 0 heterocycles. The zero-order valence-electron chi connectivity index (χ0n) is 11.5. The van der Waals surface area contributed by atoms with Crippen LogP contribution in [0.5, 0.6) is 0 Å². The van der Waals surface area contributed by atoms with E-state index in [9.17, 15) is 5.11 Å². The molecule has 0 radical (unpaired) electrons. The Morgan fingerprint density at radius 1 is 1.12 bits per heavy atom. The summed E-state index contributed by atoms with van der Waals surface area (Å²) in [5.74, 6) is 0.718. The van der Waals surface area contributed by atoms with Crippen molar-refractivity contribution in [2.24, 2.45) is 5.92 Å². The van der Waals surface area contributed by atoms with Gasteiger partial charge in [-0.1, -0.05) is 26.7 Å². The van der Waals surface area contributed by atoms with Gasteiger partial charge in [0.05, 0.1) is 18.3 Å². The third-order valence-electron chi connectivity index (χ3n) is 2.68. The maximum atomic E-state index is 9.68. The fraction of sp³-hybridized carbons (Fsp3) is 1.00. The van der Waals surface area contributed by atoms with Crippen molar-refractivity contribution in [3.63, 3.8) is 0 Å². The van der Waals surface area contributed by atoms with Gasteiger partial charge < -0.3 is 15.2 Å². The molecule has 1 atom stereocenters. The van der Waals surface area contributed by atoms with Crippen LogP contribution in [0.25, 0.3) is 0 Å². The minimum absolute atomic E-state index is 0.170. The van der Waals surface area contributed by atoms with Gasteiger partial charge >= 0.3 is 0 Å². The fourth-order valence-electron chi connectivity index (χ4n) is 1.44. The topological polar surface area (TPSA) is 41.5 Å². The van der Waals surface area contributed by atoms with Crippen molar-refractivity contribution >= 4 is 0 Å². The lowest BCUT2D eigenvalue weighted by atomic mass is 10.0. The summed E-state index contributed by atoms with van der Waals surface area (Å²) in [7, 11) is 0. The van der Waals surface area contributed by atoms with E-state index in [4.69, 9.17) is 4.74 Å². The number of hydrogen-bond acceptors (Lipinski definition) is 3. The summed E-state index contributed by atoms with van der Waals surface area (Å²) in [5, 5.41) is 13.0. The molecule has 0 aliphatic heterocycles. The van der Waals surface area contributed by atoms with E-state index in [0.29, 0.717) is 13.2 Å². The van der Waals surface area contributed by atoms with Crippen LogP contribution in [-0.4, -0.2) is 36.5 Å². The van der Waals surface area contributed by atoms with Gasteiger partial charge in [-0.3, -0.25) is 0 Å². The zero-order chi connectivity index (χ0) is 12.6. The summed E-state index contributed by atoms with van der Waals surface area (Å²) in [5.41, 5.74) is -0.170. The van der Waals surface area contributed by atoms with Gasteiger partial charge in [0, 0.05) is 6.54 Å². The molecule has 0 aromatic heterocycles. The van der Waals surface area contributed by atoms with Gasteiger partial charge in [-0.25, -0.2) is 0 Å². The minimum atomic E-state index is -0.409. The normalized spacial score (nSPS) is 14.4. The van der Waals surface area contributed by atoms with E-state index in [2.05, 4.69) is 19.2 Å². The molecule has 0 saturated carbocycles. The first kappa shape index (κ1) is 15.9. The second-order valence-corrected chi connectivity index (χ2v) is 5.42. The van der Waals surface area contributed by atoms with Crippen LogP contribution in [0.15, 0.2) is 0 Å². The Balaban J connectivity index is 3.54. The van der Waals surface area contributed by atoms with E-state index in [1.165, 1.54) is 12.8 Å². The molecule has 0 fully saturated rings. The molecule has 0 aliphatic rings. The molecule has 2 N–H and O–H groups in total. The van der Waals surface area contributed by atoms with Crippen molar-refractivity contribution in [3.05, 3.63) is 0 Å². The molecule has 0 aliphatic carbocycles. The summed E-state index contributed by atoms with van der Waals surface area (Å²) in [6, 6.07) is 0. The molecule has 0 amide bonds. The first-order chi connectivity index (χ1) is 7.39. The molecule has 3 nitrogen and oxygen atoms in total. The number of ether oxygens (including phenoxy) is 1. The number of nitrogens with one attached hydrogen (secondary N) is 1. The number of aliphatic hydroxyl groups excluding tert-OH is 1. The van der Waals surface area contributed by atoms with Crippen LogP contribution in [0, 0.1) is 5.92 Å². The standard InChI is InChI=1S/C13H29NO2/c1-6-11(7-2)8-14-9-12(15)10-16-13(3,4)5/h11-12,14-15H,6-10H2,1-5H3. The van der Waals surface area contributed by atoms with Crippen molar-refractivity contribution in [1.82, 2.24) is 5.32 Å². The zero-order valence-corrected chi connectivity index (χ0v) is 11.5. The number of rotatable bonds is 8. The van der Waals surface area contributed by atoms with Crippen molar-refractivity contribution in [2.45, 2.75) is 59.2 Å². The molecule has 0 spiro atoms. The van der Waals surface area contributed by atoms with E-state index in [1.807, 2.05) is 20.8 Å². The van der Waals surface area contributed by atoms with Crippen molar-refractivity contribution < 1.29 is 9.84 Å². The van der Waals surface area contributed by atoms with Crippen molar-refractivity contribution in [1.29, 1.82) is 0 Å². The second-order valence-electron chi connectivity index (χ2n) is 5.42. The Bertz CT molecular complexity index is 162. The summed E-state index contributed by atoms with van der Waals surface area (Å²) in [6.45, 7) is 12.4. The monoisotopic (exact) mass is 231 g/mol. The molecule has 1 unspecified atom stereocenters. The second kappa shape index (κ2) is 8.04. The van der Waals surface area contributed by atoms with Crippen LogP contribution < -0.4 is 5.32 Å². The molecule has 3 heteroatoms. The molecule has 16 heavy (non-hydrogen) atoms. The predicted octanol–water partition coefficient (Wildman–Crippen LogP) is 2.19. The number of hydrogen-bond donors (Lipinski definition) is 2. The molecule has 0 aromatic rings. The average molecular weight is 231 g/mol. The van der Waals surface area contributed by atoms with Crippen LogP contribution in [-0.2, 0) is 4.74 Å². The lowest BCUT2D eigenvalue weighted by molar-refractivity contribution is -0.0479. The Kier molecular flexibility index (Phi) is 7.98. The van der Waals surface area contributed by atoms with Gasteiger partial charge in [-0.2, -0.15) is 0 Å². The Labute approximate surface area is 101 Å². The highest BCUT2D eigenvalue weighted by atomic mass is 16.5. The van der Waals surface area contributed by atoms with E-state index >= 15 is 0 Å². The SMILES string of the molecule is CCC(CC)CNCC(O)COC(C)(C)C. The van der Waals surface area contributed by atoms with Gasteiger partial charge in [0.25, 0.3) is 0 Å². The highest BCUT2D eigenvalue weighted by Crippen LogP contribution is 2.07. The Morgan fingerprint density at radius 2 is 1.69 bits per heavy atom. The molecular weight excluding hydrogens is 202 g/mol. The van der Waals surface area contributed by atoms with Crippen LogP contribution >= 0.6 is 0 Å². The van der Waals surface area contributed by atoms with E-state index < -0.39 is 6.10 Å². The van der Waals surface area contributed by atoms with E-state index in [0.717, 1.165) is 12.5 Å². The fourth-order valence-corrected chi connectivity index (χ4v) is 1.44. The van der Waals surface area contributed by atoms with E-state index in [-0.39, 0.29) is 5.60 Å². The highest BCUT2D eigenvalue weighted by molar-refractivity contribution is 4.65. The molecule has 0 aromatic carbocycles. The molecule has 0 rings (SSSR count). The maximum absolute atomic E-state index is 9.68. The Morgan fingerprint density at radius 3 is 2.12 bits per heavy atom. The predicted molar refractivity (Wildman–Crippen MR) is 68.7 cm³/mol.